The minimum Gasteiger partial charge on any atom is -0.382 e. The van der Waals surface area contributed by atoms with E-state index >= 15 is 0 Å². The van der Waals surface area contributed by atoms with Gasteiger partial charge < -0.3 is 9.63 Å². The van der Waals surface area contributed by atoms with Gasteiger partial charge in [-0.1, -0.05) is 19.0 Å². The molecule has 1 saturated carbocycles. The van der Waals surface area contributed by atoms with Crippen molar-refractivity contribution in [2.75, 3.05) is 0 Å². The molecule has 0 aromatic carbocycles. The van der Waals surface area contributed by atoms with Gasteiger partial charge in [0.15, 0.2) is 5.76 Å². The molecule has 3 nitrogen and oxygen atoms in total. The van der Waals surface area contributed by atoms with Crippen molar-refractivity contribution in [2.24, 2.45) is 5.41 Å². The fourth-order valence-electron chi connectivity index (χ4n) is 2.04. The van der Waals surface area contributed by atoms with Crippen LogP contribution in [0.4, 0.5) is 0 Å². The van der Waals surface area contributed by atoms with Crippen LogP contribution in [0, 0.1) is 5.41 Å². The Balaban J connectivity index is 2.13. The molecule has 0 atom stereocenters. The summed E-state index contributed by atoms with van der Waals surface area (Å²) in [5.74, 6) is 0.619. The predicted octanol–water partition coefficient (Wildman–Crippen LogP) is 2.46. The van der Waals surface area contributed by atoms with Gasteiger partial charge in [-0.3, -0.25) is 0 Å². The first-order chi connectivity index (χ1) is 6.52. The van der Waals surface area contributed by atoms with Crippen LogP contribution in [0.15, 0.2) is 16.8 Å². The zero-order valence-corrected chi connectivity index (χ0v) is 8.79. The number of aliphatic hydroxyl groups is 1. The Morgan fingerprint density at radius 2 is 1.93 bits per heavy atom. The van der Waals surface area contributed by atoms with Crippen LogP contribution >= 0.6 is 0 Å². The minimum absolute atomic E-state index is 0.353. The molecule has 1 aliphatic rings. The highest BCUT2D eigenvalue weighted by atomic mass is 16.5. The highest BCUT2D eigenvalue weighted by Gasteiger charge is 2.40. The summed E-state index contributed by atoms with van der Waals surface area (Å²) in [5.41, 5.74) is -0.418. The van der Waals surface area contributed by atoms with E-state index in [0.29, 0.717) is 11.2 Å². The fraction of sp³-hybridized carbons (Fsp3) is 0.727. The highest BCUT2D eigenvalue weighted by molar-refractivity contribution is 5.08. The quantitative estimate of drug-likeness (QED) is 0.748. The van der Waals surface area contributed by atoms with Crippen molar-refractivity contribution in [1.29, 1.82) is 0 Å². The Labute approximate surface area is 84.1 Å². The normalized spacial score (nSPS) is 24.8. The van der Waals surface area contributed by atoms with Gasteiger partial charge in [0.05, 0.1) is 6.20 Å². The Morgan fingerprint density at radius 1 is 1.29 bits per heavy atom. The third-order valence-electron chi connectivity index (χ3n) is 3.33. The second-order valence-corrected chi connectivity index (χ2v) is 5.07. The van der Waals surface area contributed by atoms with E-state index in [1.54, 1.807) is 12.3 Å². The zero-order valence-electron chi connectivity index (χ0n) is 8.79. The van der Waals surface area contributed by atoms with Gasteiger partial charge in [-0.2, -0.15) is 0 Å². The molecule has 0 saturated heterocycles. The molecule has 1 aromatic heterocycles. The van der Waals surface area contributed by atoms with Crippen molar-refractivity contribution in [1.82, 2.24) is 5.16 Å². The third kappa shape index (κ3) is 1.69. The molecule has 0 bridgehead atoms. The largest absolute Gasteiger partial charge is 0.382 e. The van der Waals surface area contributed by atoms with E-state index in [1.807, 2.05) is 0 Å². The smallest absolute Gasteiger partial charge is 0.168 e. The monoisotopic (exact) mass is 195 g/mol. The van der Waals surface area contributed by atoms with Crippen molar-refractivity contribution in [3.8, 4) is 0 Å². The van der Waals surface area contributed by atoms with Gasteiger partial charge in [-0.25, -0.2) is 0 Å². The lowest BCUT2D eigenvalue weighted by atomic mass is 9.70. The molecule has 1 N–H and O–H groups in total. The van der Waals surface area contributed by atoms with Crippen LogP contribution in [0.5, 0.6) is 0 Å². The van der Waals surface area contributed by atoms with Crippen LogP contribution in [0.2, 0.25) is 0 Å². The average Bonchev–Trinajstić information content (AvgIpc) is 2.64. The lowest BCUT2D eigenvalue weighted by molar-refractivity contribution is -0.0500. The van der Waals surface area contributed by atoms with Gasteiger partial charge in [-0.15, -0.1) is 0 Å². The predicted molar refractivity (Wildman–Crippen MR) is 52.6 cm³/mol. The molecule has 1 aromatic rings. The van der Waals surface area contributed by atoms with Gasteiger partial charge >= 0.3 is 0 Å². The Hall–Kier alpha value is -0.830. The third-order valence-corrected chi connectivity index (χ3v) is 3.33. The van der Waals surface area contributed by atoms with Gasteiger partial charge in [0, 0.05) is 6.07 Å². The summed E-state index contributed by atoms with van der Waals surface area (Å²) in [6, 6.07) is 1.76. The van der Waals surface area contributed by atoms with Crippen LogP contribution in [-0.4, -0.2) is 10.3 Å². The molecule has 2 rings (SSSR count). The summed E-state index contributed by atoms with van der Waals surface area (Å²) in [5, 5.41) is 14.0. The first-order valence-electron chi connectivity index (χ1n) is 5.15. The van der Waals surface area contributed by atoms with Crippen LogP contribution in [0.25, 0.3) is 0 Å². The number of hydrogen-bond acceptors (Lipinski definition) is 3. The Kier molecular flexibility index (Phi) is 2.14. The molecule has 14 heavy (non-hydrogen) atoms. The van der Waals surface area contributed by atoms with Crippen LogP contribution in [0.3, 0.4) is 0 Å². The molecular weight excluding hydrogens is 178 g/mol. The molecule has 0 radical (unpaired) electrons. The summed E-state index contributed by atoms with van der Waals surface area (Å²) in [4.78, 5) is 0. The van der Waals surface area contributed by atoms with E-state index in [0.717, 1.165) is 25.7 Å². The van der Waals surface area contributed by atoms with Gasteiger partial charge in [0.25, 0.3) is 0 Å². The zero-order chi connectivity index (χ0) is 10.2. The van der Waals surface area contributed by atoms with E-state index in [9.17, 15) is 5.11 Å². The van der Waals surface area contributed by atoms with E-state index in [1.165, 1.54) is 0 Å². The SMILES string of the molecule is CC1(C)CCC(O)(c2ccno2)CC1. The Morgan fingerprint density at radius 3 is 2.43 bits per heavy atom. The summed E-state index contributed by atoms with van der Waals surface area (Å²) in [6.45, 7) is 4.49. The maximum absolute atomic E-state index is 10.3. The van der Waals surface area contributed by atoms with Crippen molar-refractivity contribution < 1.29 is 9.63 Å². The maximum atomic E-state index is 10.3. The molecule has 3 heteroatoms. The molecule has 78 valence electrons. The van der Waals surface area contributed by atoms with E-state index in [2.05, 4.69) is 19.0 Å². The molecule has 0 aliphatic heterocycles. The summed E-state index contributed by atoms with van der Waals surface area (Å²) in [7, 11) is 0. The van der Waals surface area contributed by atoms with Crippen molar-refractivity contribution in [3.63, 3.8) is 0 Å². The lowest BCUT2D eigenvalue weighted by Crippen LogP contribution is -2.34. The van der Waals surface area contributed by atoms with Crippen LogP contribution in [0.1, 0.15) is 45.3 Å². The fourth-order valence-corrected chi connectivity index (χ4v) is 2.04. The first-order valence-corrected chi connectivity index (χ1v) is 5.15. The second-order valence-electron chi connectivity index (χ2n) is 5.07. The van der Waals surface area contributed by atoms with Gasteiger partial charge in [0.1, 0.15) is 5.60 Å². The summed E-state index contributed by atoms with van der Waals surface area (Å²) in [6.07, 6.45) is 5.20. The van der Waals surface area contributed by atoms with Crippen LogP contribution in [-0.2, 0) is 5.60 Å². The number of hydrogen-bond donors (Lipinski definition) is 1. The standard InChI is InChI=1S/C11H17NO2/c1-10(2)4-6-11(13,7-5-10)9-3-8-12-14-9/h3,8,13H,4-7H2,1-2H3. The molecule has 0 unspecified atom stereocenters. The molecule has 0 spiro atoms. The van der Waals surface area contributed by atoms with Gasteiger partial charge in [0.2, 0.25) is 0 Å². The number of aromatic nitrogens is 1. The molecular formula is C11H17NO2. The lowest BCUT2D eigenvalue weighted by Gasteiger charge is -2.38. The molecule has 1 fully saturated rings. The first kappa shape index (κ1) is 9.71. The topological polar surface area (TPSA) is 46.3 Å². The minimum atomic E-state index is -0.772. The van der Waals surface area contributed by atoms with Gasteiger partial charge in [-0.05, 0) is 31.1 Å². The maximum Gasteiger partial charge on any atom is 0.168 e. The van der Waals surface area contributed by atoms with Crippen molar-refractivity contribution >= 4 is 0 Å². The molecule has 0 amide bonds. The average molecular weight is 195 g/mol. The Bertz CT molecular complexity index is 293. The number of rotatable bonds is 1. The van der Waals surface area contributed by atoms with Crippen LogP contribution < -0.4 is 0 Å². The van der Waals surface area contributed by atoms with E-state index in [4.69, 9.17) is 4.52 Å². The summed E-state index contributed by atoms with van der Waals surface area (Å²) < 4.78 is 5.04. The summed E-state index contributed by atoms with van der Waals surface area (Å²) >= 11 is 0. The molecule has 1 aliphatic carbocycles. The van der Waals surface area contributed by atoms with Crippen molar-refractivity contribution in [3.05, 3.63) is 18.0 Å². The van der Waals surface area contributed by atoms with E-state index < -0.39 is 5.60 Å². The highest BCUT2D eigenvalue weighted by Crippen LogP contribution is 2.44. The van der Waals surface area contributed by atoms with E-state index in [-0.39, 0.29) is 0 Å². The number of nitrogens with zero attached hydrogens (tertiary/aromatic N) is 1. The second kappa shape index (κ2) is 3.09. The molecule has 1 heterocycles. The van der Waals surface area contributed by atoms with Crippen molar-refractivity contribution in [2.45, 2.75) is 45.1 Å².